The second-order valence-corrected chi connectivity index (χ2v) is 5.11. The van der Waals surface area contributed by atoms with E-state index in [-0.39, 0.29) is 5.69 Å². The van der Waals surface area contributed by atoms with Gasteiger partial charge in [-0.25, -0.2) is 9.89 Å². The van der Waals surface area contributed by atoms with Gasteiger partial charge in [0.05, 0.1) is 0 Å². The van der Waals surface area contributed by atoms with E-state index in [2.05, 4.69) is 40.6 Å². The number of aromatic nitrogens is 3. The first kappa shape index (κ1) is 12.9. The summed E-state index contributed by atoms with van der Waals surface area (Å²) in [6.45, 7) is 2.92. The number of nitrogens with one attached hydrogen (secondary N) is 2. The van der Waals surface area contributed by atoms with E-state index in [0.29, 0.717) is 5.16 Å². The minimum Gasteiger partial charge on any atom is -0.316 e. The maximum atomic E-state index is 11.3. The highest BCUT2D eigenvalue weighted by Gasteiger charge is 2.08. The first-order valence-electron chi connectivity index (χ1n) is 5.65. The fourth-order valence-corrected chi connectivity index (χ4v) is 2.53. The van der Waals surface area contributed by atoms with Gasteiger partial charge in [-0.15, -0.1) is 5.10 Å². The molecule has 96 valence electrons. The molecule has 0 aliphatic rings. The smallest absolute Gasteiger partial charge is 0.316 e. The van der Waals surface area contributed by atoms with Gasteiger partial charge in [-0.2, -0.15) is 0 Å². The summed E-state index contributed by atoms with van der Waals surface area (Å²) in [7, 11) is 3.64. The lowest BCUT2D eigenvalue weighted by Crippen LogP contribution is -2.12. The summed E-state index contributed by atoms with van der Waals surface area (Å²) in [5, 5.41) is 10.2. The van der Waals surface area contributed by atoms with Crippen molar-refractivity contribution in [3.63, 3.8) is 0 Å². The van der Waals surface area contributed by atoms with Crippen LogP contribution in [0.15, 0.2) is 33.0 Å². The Hall–Kier alpha value is -1.53. The third kappa shape index (κ3) is 2.65. The van der Waals surface area contributed by atoms with Gasteiger partial charge in [0.1, 0.15) is 0 Å². The average molecular weight is 264 g/mol. The summed E-state index contributed by atoms with van der Waals surface area (Å²) in [5.74, 6) is 0. The number of H-pyrrole nitrogens is 1. The summed E-state index contributed by atoms with van der Waals surface area (Å²) in [6, 6.07) is 6.28. The van der Waals surface area contributed by atoms with Gasteiger partial charge < -0.3 is 5.32 Å². The van der Waals surface area contributed by atoms with Crippen LogP contribution in [0.25, 0.3) is 0 Å². The summed E-state index contributed by atoms with van der Waals surface area (Å²) in [5.41, 5.74) is 2.24. The van der Waals surface area contributed by atoms with E-state index >= 15 is 0 Å². The van der Waals surface area contributed by atoms with Gasteiger partial charge in [-0.1, -0.05) is 12.1 Å². The van der Waals surface area contributed by atoms with Crippen molar-refractivity contribution in [2.45, 2.75) is 23.5 Å². The summed E-state index contributed by atoms with van der Waals surface area (Å²) in [4.78, 5) is 12.4. The number of aryl methyl sites for hydroxylation is 1. The van der Waals surface area contributed by atoms with Crippen LogP contribution in [-0.4, -0.2) is 21.8 Å². The molecule has 0 atom stereocenters. The first-order chi connectivity index (χ1) is 8.61. The molecule has 0 aliphatic carbocycles. The third-order valence-electron chi connectivity index (χ3n) is 2.66. The van der Waals surface area contributed by atoms with E-state index in [4.69, 9.17) is 0 Å². The normalized spacial score (nSPS) is 10.8. The van der Waals surface area contributed by atoms with Gasteiger partial charge in [-0.3, -0.25) is 4.57 Å². The molecular formula is C12H16N4OS. The second kappa shape index (κ2) is 5.41. The molecule has 0 aliphatic heterocycles. The molecule has 2 N–H and O–H groups in total. The number of benzene rings is 1. The molecule has 2 rings (SSSR count). The standard InChI is InChI=1S/C12H16N4OS/c1-8-6-9(7-13-2)4-5-10(8)18-12-15-14-11(17)16(12)3/h4-6,13H,7H2,1-3H3,(H,14,17). The molecule has 0 radical (unpaired) electrons. The molecule has 1 heterocycles. The van der Waals surface area contributed by atoms with Gasteiger partial charge in [0.15, 0.2) is 5.16 Å². The predicted octanol–water partition coefficient (Wildman–Crippen LogP) is 1.29. The Bertz CT molecular complexity index is 602. The van der Waals surface area contributed by atoms with Gasteiger partial charge in [0.25, 0.3) is 0 Å². The molecule has 2 aromatic rings. The lowest BCUT2D eigenvalue weighted by molar-refractivity contribution is 0.765. The van der Waals surface area contributed by atoms with Crippen molar-refractivity contribution in [2.24, 2.45) is 7.05 Å². The molecule has 0 spiro atoms. The monoisotopic (exact) mass is 264 g/mol. The minimum atomic E-state index is -0.193. The molecule has 0 unspecified atom stereocenters. The average Bonchev–Trinajstić information content (AvgIpc) is 2.65. The highest BCUT2D eigenvalue weighted by molar-refractivity contribution is 7.99. The van der Waals surface area contributed by atoms with Crippen LogP contribution < -0.4 is 11.0 Å². The van der Waals surface area contributed by atoms with Crippen molar-refractivity contribution in [2.75, 3.05) is 7.05 Å². The van der Waals surface area contributed by atoms with Crippen LogP contribution in [0.4, 0.5) is 0 Å². The Kier molecular flexibility index (Phi) is 3.88. The van der Waals surface area contributed by atoms with Crippen LogP contribution in [0.3, 0.4) is 0 Å². The zero-order valence-corrected chi connectivity index (χ0v) is 11.5. The van der Waals surface area contributed by atoms with Crippen LogP contribution in [0.1, 0.15) is 11.1 Å². The molecule has 0 saturated carbocycles. The molecule has 1 aromatic carbocycles. The van der Waals surface area contributed by atoms with Gasteiger partial charge in [0, 0.05) is 18.5 Å². The number of hydrogen-bond donors (Lipinski definition) is 2. The van der Waals surface area contributed by atoms with Crippen molar-refractivity contribution in [1.29, 1.82) is 0 Å². The number of hydrogen-bond acceptors (Lipinski definition) is 4. The quantitative estimate of drug-likeness (QED) is 0.873. The lowest BCUT2D eigenvalue weighted by atomic mass is 10.1. The van der Waals surface area contributed by atoms with E-state index in [9.17, 15) is 4.79 Å². The van der Waals surface area contributed by atoms with E-state index in [0.717, 1.165) is 11.4 Å². The van der Waals surface area contributed by atoms with Crippen LogP contribution in [0.5, 0.6) is 0 Å². The summed E-state index contributed by atoms with van der Waals surface area (Å²) in [6.07, 6.45) is 0. The lowest BCUT2D eigenvalue weighted by Gasteiger charge is -2.07. The molecular weight excluding hydrogens is 248 g/mol. The molecule has 18 heavy (non-hydrogen) atoms. The molecule has 0 bridgehead atoms. The Morgan fingerprint density at radius 2 is 2.28 bits per heavy atom. The van der Waals surface area contributed by atoms with Gasteiger partial charge in [0.2, 0.25) is 0 Å². The molecule has 0 amide bonds. The van der Waals surface area contributed by atoms with Crippen molar-refractivity contribution in [3.8, 4) is 0 Å². The molecule has 6 heteroatoms. The molecule has 0 saturated heterocycles. The first-order valence-corrected chi connectivity index (χ1v) is 6.47. The van der Waals surface area contributed by atoms with E-state index in [1.54, 1.807) is 7.05 Å². The highest BCUT2D eigenvalue weighted by atomic mass is 32.2. The van der Waals surface area contributed by atoms with Crippen molar-refractivity contribution < 1.29 is 0 Å². The number of aromatic amines is 1. The zero-order valence-electron chi connectivity index (χ0n) is 10.7. The molecule has 1 aromatic heterocycles. The van der Waals surface area contributed by atoms with Crippen LogP contribution in [-0.2, 0) is 13.6 Å². The second-order valence-electron chi connectivity index (χ2n) is 4.10. The van der Waals surface area contributed by atoms with Crippen LogP contribution in [0.2, 0.25) is 0 Å². The highest BCUT2D eigenvalue weighted by Crippen LogP contribution is 2.28. The van der Waals surface area contributed by atoms with Gasteiger partial charge in [-0.05, 0) is 42.9 Å². The van der Waals surface area contributed by atoms with E-state index < -0.39 is 0 Å². The molecule has 0 fully saturated rings. The molecule has 5 nitrogen and oxygen atoms in total. The third-order valence-corrected chi connectivity index (χ3v) is 3.89. The summed E-state index contributed by atoms with van der Waals surface area (Å²) >= 11 is 1.49. The fourth-order valence-electron chi connectivity index (χ4n) is 1.66. The number of nitrogens with zero attached hydrogens (tertiary/aromatic N) is 2. The largest absolute Gasteiger partial charge is 0.343 e. The fraction of sp³-hybridized carbons (Fsp3) is 0.333. The van der Waals surface area contributed by atoms with E-state index in [1.807, 2.05) is 7.05 Å². The minimum absolute atomic E-state index is 0.193. The number of rotatable bonds is 4. The van der Waals surface area contributed by atoms with Crippen molar-refractivity contribution in [1.82, 2.24) is 20.1 Å². The Morgan fingerprint density at radius 1 is 1.50 bits per heavy atom. The Labute approximate surface area is 110 Å². The van der Waals surface area contributed by atoms with Gasteiger partial charge >= 0.3 is 5.69 Å². The van der Waals surface area contributed by atoms with Crippen molar-refractivity contribution in [3.05, 3.63) is 39.8 Å². The maximum Gasteiger partial charge on any atom is 0.343 e. The summed E-state index contributed by atoms with van der Waals surface area (Å²) < 4.78 is 1.51. The maximum absolute atomic E-state index is 11.3. The Balaban J connectivity index is 2.24. The van der Waals surface area contributed by atoms with Crippen LogP contribution >= 0.6 is 11.8 Å². The Morgan fingerprint density at radius 3 is 2.83 bits per heavy atom. The van der Waals surface area contributed by atoms with Crippen molar-refractivity contribution >= 4 is 11.8 Å². The van der Waals surface area contributed by atoms with Crippen LogP contribution in [0, 0.1) is 6.92 Å². The SMILES string of the molecule is CNCc1ccc(Sc2n[nH]c(=O)n2C)c(C)c1. The topological polar surface area (TPSA) is 62.7 Å². The van der Waals surface area contributed by atoms with E-state index in [1.165, 1.54) is 27.5 Å². The predicted molar refractivity (Wildman–Crippen MR) is 71.9 cm³/mol. The zero-order chi connectivity index (χ0) is 13.1.